The SMILES string of the molecule is C=CCC1CCN(C(=C)N)CC1.CN1CCN(C)C(C(C)(C)CCc2ccccc2Cc2ccc(OC(F)(F)F)cc2)C1. The van der Waals surface area contributed by atoms with Gasteiger partial charge in [0.1, 0.15) is 5.75 Å². The summed E-state index contributed by atoms with van der Waals surface area (Å²) in [6.45, 7) is 17.6. The van der Waals surface area contributed by atoms with Crippen molar-refractivity contribution in [3.8, 4) is 5.75 Å². The number of likely N-dealkylation sites (N-methyl/N-ethyl adjacent to an activating group) is 2. The Balaban J connectivity index is 0.000000353. The van der Waals surface area contributed by atoms with Gasteiger partial charge in [0.2, 0.25) is 0 Å². The van der Waals surface area contributed by atoms with Crippen LogP contribution in [0.5, 0.6) is 5.75 Å². The van der Waals surface area contributed by atoms with Crippen LogP contribution in [0.2, 0.25) is 0 Å². The van der Waals surface area contributed by atoms with Crippen molar-refractivity contribution in [1.29, 1.82) is 0 Å². The smallest absolute Gasteiger partial charge is 0.406 e. The van der Waals surface area contributed by atoms with Crippen molar-refractivity contribution in [3.63, 3.8) is 0 Å². The second-order valence-electron chi connectivity index (χ2n) is 12.8. The minimum absolute atomic E-state index is 0.174. The molecule has 2 N–H and O–H groups in total. The number of allylic oxidation sites excluding steroid dienone is 1. The van der Waals surface area contributed by atoms with E-state index in [-0.39, 0.29) is 11.2 Å². The van der Waals surface area contributed by atoms with Crippen LogP contribution in [0.25, 0.3) is 0 Å². The number of likely N-dealkylation sites (tertiary alicyclic amines) is 1. The normalized spacial score (nSPS) is 19.0. The molecule has 238 valence electrons. The van der Waals surface area contributed by atoms with Gasteiger partial charge in [0, 0.05) is 38.8 Å². The molecule has 1 unspecified atom stereocenters. The van der Waals surface area contributed by atoms with Crippen LogP contribution in [-0.4, -0.2) is 73.9 Å². The van der Waals surface area contributed by atoms with Crippen LogP contribution in [0.4, 0.5) is 13.2 Å². The molecule has 1 atom stereocenters. The van der Waals surface area contributed by atoms with Crippen LogP contribution in [0, 0.1) is 11.3 Å². The van der Waals surface area contributed by atoms with Crippen LogP contribution in [0.3, 0.4) is 0 Å². The number of hydrogen-bond acceptors (Lipinski definition) is 5. The minimum Gasteiger partial charge on any atom is -0.406 e. The predicted molar refractivity (Wildman–Crippen MR) is 171 cm³/mol. The first-order valence-corrected chi connectivity index (χ1v) is 15.4. The maximum Gasteiger partial charge on any atom is 0.573 e. The molecule has 0 aromatic heterocycles. The van der Waals surface area contributed by atoms with E-state index in [1.807, 2.05) is 12.1 Å². The molecule has 0 bridgehead atoms. The second-order valence-corrected chi connectivity index (χ2v) is 12.8. The molecule has 2 saturated heterocycles. The zero-order chi connectivity index (χ0) is 31.6. The van der Waals surface area contributed by atoms with Gasteiger partial charge in [0.15, 0.2) is 0 Å². The highest BCUT2D eigenvalue weighted by Gasteiger charge is 2.35. The molecular formula is C35H51F3N4O. The molecule has 0 spiro atoms. The lowest BCUT2D eigenvalue weighted by atomic mass is 9.77. The maximum absolute atomic E-state index is 12.4. The Labute approximate surface area is 257 Å². The fraction of sp³-hybridized carbons (Fsp3) is 0.543. The van der Waals surface area contributed by atoms with Crippen molar-refractivity contribution in [1.82, 2.24) is 14.7 Å². The number of nitrogens with zero attached hydrogens (tertiary/aromatic N) is 3. The van der Waals surface area contributed by atoms with E-state index in [1.54, 1.807) is 12.1 Å². The van der Waals surface area contributed by atoms with Gasteiger partial charge in [0.25, 0.3) is 0 Å². The van der Waals surface area contributed by atoms with Gasteiger partial charge < -0.3 is 25.2 Å². The second kappa shape index (κ2) is 15.7. The zero-order valence-electron chi connectivity index (χ0n) is 26.5. The topological polar surface area (TPSA) is 45.0 Å². The van der Waals surface area contributed by atoms with Gasteiger partial charge in [-0.15, -0.1) is 19.8 Å². The standard InChI is InChI=1S/C25H33F3N2O.C10H18N2/c1-24(2,23-18-29(3)15-16-30(23)4)14-13-20-7-5-6-8-21(20)17-19-9-11-22(12-10-19)31-25(26,27)28;1-3-4-10-5-7-12(8-6-10)9(2)11/h5-12,23H,13-18H2,1-4H3;3,10H,1-2,4-8,11H2. The molecule has 2 aromatic carbocycles. The highest BCUT2D eigenvalue weighted by atomic mass is 19.4. The molecule has 43 heavy (non-hydrogen) atoms. The number of ether oxygens (including phenoxy) is 1. The molecule has 2 aliphatic heterocycles. The Morgan fingerprint density at radius 2 is 1.60 bits per heavy atom. The summed E-state index contributed by atoms with van der Waals surface area (Å²) in [6.07, 6.45) is 3.68. The van der Waals surface area contributed by atoms with Crippen molar-refractivity contribution < 1.29 is 17.9 Å². The van der Waals surface area contributed by atoms with Crippen molar-refractivity contribution in [3.05, 3.63) is 90.3 Å². The fourth-order valence-corrected chi connectivity index (χ4v) is 6.17. The summed E-state index contributed by atoms with van der Waals surface area (Å²) < 4.78 is 41.1. The van der Waals surface area contributed by atoms with Crippen LogP contribution in [0.15, 0.2) is 73.6 Å². The maximum atomic E-state index is 12.4. The number of piperidine rings is 1. The van der Waals surface area contributed by atoms with E-state index >= 15 is 0 Å². The molecule has 4 rings (SSSR count). The summed E-state index contributed by atoms with van der Waals surface area (Å²) >= 11 is 0. The number of rotatable bonds is 10. The van der Waals surface area contributed by atoms with Crippen LogP contribution < -0.4 is 10.5 Å². The van der Waals surface area contributed by atoms with Gasteiger partial charge in [-0.25, -0.2) is 0 Å². The molecule has 2 fully saturated rings. The van der Waals surface area contributed by atoms with Crippen LogP contribution >= 0.6 is 0 Å². The molecule has 2 heterocycles. The first-order valence-electron chi connectivity index (χ1n) is 15.4. The number of hydrogen-bond donors (Lipinski definition) is 1. The van der Waals surface area contributed by atoms with E-state index in [0.29, 0.717) is 18.3 Å². The molecule has 8 heteroatoms. The van der Waals surface area contributed by atoms with Gasteiger partial charge in [0.05, 0.1) is 5.82 Å². The van der Waals surface area contributed by atoms with Crippen molar-refractivity contribution in [2.24, 2.45) is 17.1 Å². The van der Waals surface area contributed by atoms with E-state index < -0.39 is 6.36 Å². The predicted octanol–water partition coefficient (Wildman–Crippen LogP) is 7.09. The summed E-state index contributed by atoms with van der Waals surface area (Å²) in [4.78, 5) is 7.04. The average molecular weight is 601 g/mol. The number of piperazine rings is 1. The molecule has 2 aromatic rings. The van der Waals surface area contributed by atoms with E-state index in [2.05, 4.69) is 78.7 Å². The van der Waals surface area contributed by atoms with Crippen molar-refractivity contribution in [2.45, 2.75) is 64.8 Å². The number of nitrogens with two attached hydrogens (primary N) is 1. The zero-order valence-corrected chi connectivity index (χ0v) is 26.5. The first-order chi connectivity index (χ1) is 20.3. The van der Waals surface area contributed by atoms with Gasteiger partial charge in [-0.1, -0.05) is 62.9 Å². The van der Waals surface area contributed by atoms with Gasteiger partial charge in [-0.05, 0) is 92.8 Å². The Hall–Kier alpha value is -2.97. The van der Waals surface area contributed by atoms with Crippen LogP contribution in [-0.2, 0) is 12.8 Å². The van der Waals surface area contributed by atoms with Crippen LogP contribution in [0.1, 0.15) is 56.2 Å². The third-order valence-corrected chi connectivity index (χ3v) is 8.98. The number of benzene rings is 2. The lowest BCUT2D eigenvalue weighted by Gasteiger charge is -2.46. The Kier molecular flexibility index (Phi) is 12.6. The highest BCUT2D eigenvalue weighted by Crippen LogP contribution is 2.33. The van der Waals surface area contributed by atoms with Crippen molar-refractivity contribution in [2.75, 3.05) is 46.8 Å². The van der Waals surface area contributed by atoms with Gasteiger partial charge >= 0.3 is 6.36 Å². The Bertz CT molecular complexity index is 1160. The summed E-state index contributed by atoms with van der Waals surface area (Å²) in [6, 6.07) is 15.0. The molecule has 2 aliphatic rings. The number of alkyl halides is 3. The first kappa shape index (κ1) is 34.5. The molecule has 0 radical (unpaired) electrons. The van der Waals surface area contributed by atoms with Crippen molar-refractivity contribution >= 4 is 0 Å². The van der Waals surface area contributed by atoms with E-state index in [0.717, 1.165) is 63.5 Å². The lowest BCUT2D eigenvalue weighted by Crippen LogP contribution is -2.56. The molecule has 5 nitrogen and oxygen atoms in total. The average Bonchev–Trinajstić information content (AvgIpc) is 2.95. The molecule has 0 amide bonds. The summed E-state index contributed by atoms with van der Waals surface area (Å²) in [5.41, 5.74) is 9.26. The number of halogens is 3. The lowest BCUT2D eigenvalue weighted by molar-refractivity contribution is -0.274. The third-order valence-electron chi connectivity index (χ3n) is 8.98. The number of aryl methyl sites for hydroxylation is 1. The minimum atomic E-state index is -4.66. The van der Waals surface area contributed by atoms with E-state index in [9.17, 15) is 13.2 Å². The third kappa shape index (κ3) is 11.2. The summed E-state index contributed by atoms with van der Waals surface area (Å²) in [5.74, 6) is 1.35. The Morgan fingerprint density at radius 3 is 2.19 bits per heavy atom. The highest BCUT2D eigenvalue weighted by molar-refractivity contribution is 5.35. The summed E-state index contributed by atoms with van der Waals surface area (Å²) in [7, 11) is 4.41. The van der Waals surface area contributed by atoms with Gasteiger partial charge in [-0.3, -0.25) is 0 Å². The quantitative estimate of drug-likeness (QED) is 0.295. The largest absolute Gasteiger partial charge is 0.573 e. The fourth-order valence-electron chi connectivity index (χ4n) is 6.17. The summed E-state index contributed by atoms with van der Waals surface area (Å²) in [5, 5.41) is 0. The molecular weight excluding hydrogens is 549 g/mol. The molecule has 0 saturated carbocycles. The van der Waals surface area contributed by atoms with E-state index in [1.165, 1.54) is 36.1 Å². The van der Waals surface area contributed by atoms with Gasteiger partial charge in [-0.2, -0.15) is 0 Å². The molecule has 0 aliphatic carbocycles. The Morgan fingerprint density at radius 1 is 0.977 bits per heavy atom. The monoisotopic (exact) mass is 600 g/mol. The van der Waals surface area contributed by atoms with E-state index in [4.69, 9.17) is 5.73 Å².